The molecule has 5 nitrogen and oxygen atoms in total. The van der Waals surface area contributed by atoms with Crippen molar-refractivity contribution in [2.45, 2.75) is 19.8 Å². The summed E-state index contributed by atoms with van der Waals surface area (Å²) in [5.41, 5.74) is 8.63. The SMILES string of the molecule is Cc1ccc(C2=NN(c3nc4c(s3)=CCCC=4)C(=O)/C2=C/N)cc1Br. The van der Waals surface area contributed by atoms with Crippen molar-refractivity contribution >= 4 is 56.2 Å². The van der Waals surface area contributed by atoms with E-state index in [1.807, 2.05) is 25.1 Å². The molecule has 126 valence electrons. The van der Waals surface area contributed by atoms with Crippen LogP contribution in [0.1, 0.15) is 24.0 Å². The molecule has 0 fully saturated rings. The van der Waals surface area contributed by atoms with Crippen molar-refractivity contribution in [2.24, 2.45) is 10.8 Å². The maximum atomic E-state index is 12.8. The summed E-state index contributed by atoms with van der Waals surface area (Å²) in [6, 6.07) is 5.87. The van der Waals surface area contributed by atoms with E-state index in [0.717, 1.165) is 38.3 Å². The van der Waals surface area contributed by atoms with Gasteiger partial charge in [-0.25, -0.2) is 4.98 Å². The first-order chi connectivity index (χ1) is 12.1. The van der Waals surface area contributed by atoms with Crippen LogP contribution >= 0.6 is 27.3 Å². The Labute approximate surface area is 157 Å². The van der Waals surface area contributed by atoms with Crippen molar-refractivity contribution in [3.05, 3.63) is 55.5 Å². The number of nitrogens with zero attached hydrogens (tertiary/aromatic N) is 3. The fourth-order valence-corrected chi connectivity index (χ4v) is 4.16. The molecular formula is C18H15BrN4OS. The second-order valence-corrected chi connectivity index (χ2v) is 7.70. The van der Waals surface area contributed by atoms with Gasteiger partial charge in [0.2, 0.25) is 5.13 Å². The van der Waals surface area contributed by atoms with Crippen LogP contribution in [0.3, 0.4) is 0 Å². The lowest BCUT2D eigenvalue weighted by Crippen LogP contribution is -2.24. The zero-order valence-electron chi connectivity index (χ0n) is 13.5. The van der Waals surface area contributed by atoms with Crippen LogP contribution < -0.4 is 20.6 Å². The molecular weight excluding hydrogens is 400 g/mol. The van der Waals surface area contributed by atoms with Gasteiger partial charge in [-0.1, -0.05) is 51.6 Å². The Hall–Kier alpha value is -2.25. The topological polar surface area (TPSA) is 71.6 Å². The fraction of sp³-hybridized carbons (Fsp3) is 0.167. The molecule has 2 N–H and O–H groups in total. The van der Waals surface area contributed by atoms with Crippen LogP contribution in [0.15, 0.2) is 39.5 Å². The number of anilines is 1. The van der Waals surface area contributed by atoms with Gasteiger partial charge < -0.3 is 5.73 Å². The Bertz CT molecular complexity index is 1030. The van der Waals surface area contributed by atoms with E-state index in [2.05, 4.69) is 38.2 Å². The first-order valence-electron chi connectivity index (χ1n) is 7.87. The Morgan fingerprint density at radius 3 is 2.84 bits per heavy atom. The summed E-state index contributed by atoms with van der Waals surface area (Å²) in [6.07, 6.45) is 7.54. The average Bonchev–Trinajstić information content (AvgIpc) is 3.17. The zero-order chi connectivity index (χ0) is 17.6. The summed E-state index contributed by atoms with van der Waals surface area (Å²) in [4.78, 5) is 17.3. The molecule has 2 aliphatic rings. The minimum Gasteiger partial charge on any atom is -0.404 e. The van der Waals surface area contributed by atoms with Crippen LogP contribution in [0.25, 0.3) is 12.2 Å². The first-order valence-corrected chi connectivity index (χ1v) is 9.48. The van der Waals surface area contributed by atoms with Crippen molar-refractivity contribution in [3.8, 4) is 0 Å². The summed E-state index contributed by atoms with van der Waals surface area (Å²) in [5, 5.41) is 7.38. The van der Waals surface area contributed by atoms with E-state index in [1.165, 1.54) is 22.5 Å². The molecule has 7 heteroatoms. The van der Waals surface area contributed by atoms with Gasteiger partial charge in [-0.3, -0.25) is 4.79 Å². The van der Waals surface area contributed by atoms with Crippen LogP contribution in [0.5, 0.6) is 0 Å². The second-order valence-electron chi connectivity index (χ2n) is 5.84. The van der Waals surface area contributed by atoms with Crippen LogP contribution in [0, 0.1) is 6.92 Å². The van der Waals surface area contributed by atoms with Gasteiger partial charge in [-0.2, -0.15) is 10.1 Å². The number of rotatable bonds is 2. The quantitative estimate of drug-likeness (QED) is 0.765. The number of amides is 1. The lowest BCUT2D eigenvalue weighted by molar-refractivity contribution is -0.114. The van der Waals surface area contributed by atoms with Gasteiger partial charge in [0, 0.05) is 16.2 Å². The molecule has 0 saturated heterocycles. The van der Waals surface area contributed by atoms with Gasteiger partial charge in [0.25, 0.3) is 5.91 Å². The molecule has 4 rings (SSSR count). The molecule has 0 atom stereocenters. The highest BCUT2D eigenvalue weighted by atomic mass is 79.9. The number of nitrogens with two attached hydrogens (primary N) is 1. The Morgan fingerprint density at radius 2 is 2.12 bits per heavy atom. The van der Waals surface area contributed by atoms with Gasteiger partial charge >= 0.3 is 0 Å². The average molecular weight is 415 g/mol. The third-order valence-electron chi connectivity index (χ3n) is 4.17. The maximum absolute atomic E-state index is 12.8. The Kier molecular flexibility index (Phi) is 4.05. The van der Waals surface area contributed by atoms with E-state index in [9.17, 15) is 4.79 Å². The minimum absolute atomic E-state index is 0.250. The Balaban J connectivity index is 1.82. The number of fused-ring (bicyclic) bond motifs is 1. The molecule has 0 bridgehead atoms. The molecule has 0 saturated carbocycles. The molecule has 1 aromatic carbocycles. The largest absolute Gasteiger partial charge is 0.404 e. The van der Waals surface area contributed by atoms with E-state index >= 15 is 0 Å². The van der Waals surface area contributed by atoms with Gasteiger partial charge in [-0.05, 0) is 31.4 Å². The lowest BCUT2D eigenvalue weighted by Gasteiger charge is -2.05. The number of aromatic nitrogens is 1. The van der Waals surface area contributed by atoms with Gasteiger partial charge in [-0.15, -0.1) is 0 Å². The van der Waals surface area contributed by atoms with Crippen LogP contribution in [0.2, 0.25) is 0 Å². The fourth-order valence-electron chi connectivity index (χ4n) is 2.80. The molecule has 0 radical (unpaired) electrons. The number of hydrogen-bond donors (Lipinski definition) is 1. The number of hydrazone groups is 1. The number of benzene rings is 1. The number of halogens is 1. The second kappa shape index (κ2) is 6.24. The zero-order valence-corrected chi connectivity index (χ0v) is 15.9. The van der Waals surface area contributed by atoms with Gasteiger partial charge in [0.05, 0.1) is 15.5 Å². The number of hydrogen-bond acceptors (Lipinski definition) is 5. The molecule has 0 unspecified atom stereocenters. The van der Waals surface area contributed by atoms with Crippen LogP contribution in [0.4, 0.5) is 5.13 Å². The molecule has 1 amide bonds. The normalized spacial score (nSPS) is 18.0. The highest BCUT2D eigenvalue weighted by Gasteiger charge is 2.33. The third kappa shape index (κ3) is 2.73. The molecule has 25 heavy (non-hydrogen) atoms. The van der Waals surface area contributed by atoms with E-state index in [0.29, 0.717) is 16.4 Å². The lowest BCUT2D eigenvalue weighted by atomic mass is 10.0. The number of carbonyl (C=O) groups is 1. The van der Waals surface area contributed by atoms with Crippen LogP contribution in [-0.2, 0) is 4.79 Å². The van der Waals surface area contributed by atoms with Crippen molar-refractivity contribution in [1.82, 2.24) is 4.98 Å². The molecule has 1 aliphatic carbocycles. The van der Waals surface area contributed by atoms with E-state index < -0.39 is 0 Å². The van der Waals surface area contributed by atoms with Crippen molar-refractivity contribution in [3.63, 3.8) is 0 Å². The summed E-state index contributed by atoms with van der Waals surface area (Å²) >= 11 is 5.00. The van der Waals surface area contributed by atoms with E-state index in [-0.39, 0.29) is 5.91 Å². The summed E-state index contributed by atoms with van der Waals surface area (Å²) in [6.45, 7) is 2.01. The Morgan fingerprint density at radius 1 is 1.32 bits per heavy atom. The summed E-state index contributed by atoms with van der Waals surface area (Å²) < 4.78 is 2.05. The molecule has 1 aromatic heterocycles. The minimum atomic E-state index is -0.250. The number of aryl methyl sites for hydroxylation is 1. The van der Waals surface area contributed by atoms with Gasteiger partial charge in [0.15, 0.2) is 0 Å². The van der Waals surface area contributed by atoms with E-state index in [4.69, 9.17) is 5.73 Å². The van der Waals surface area contributed by atoms with Crippen molar-refractivity contribution in [2.75, 3.05) is 5.01 Å². The molecule has 2 heterocycles. The molecule has 0 spiro atoms. The predicted molar refractivity (Wildman–Crippen MR) is 105 cm³/mol. The smallest absolute Gasteiger partial charge is 0.284 e. The predicted octanol–water partition coefficient (Wildman–Crippen LogP) is 2.16. The molecule has 2 aromatic rings. The third-order valence-corrected chi connectivity index (χ3v) is 6.07. The monoisotopic (exact) mass is 414 g/mol. The van der Waals surface area contributed by atoms with Crippen molar-refractivity contribution < 1.29 is 4.79 Å². The number of carbonyl (C=O) groups excluding carboxylic acids is 1. The highest BCUT2D eigenvalue weighted by Crippen LogP contribution is 2.27. The number of thiazole rings is 1. The summed E-state index contributed by atoms with van der Waals surface area (Å²) in [7, 11) is 0. The summed E-state index contributed by atoms with van der Waals surface area (Å²) in [5.74, 6) is -0.250. The standard InChI is InChI=1S/C18H15BrN4OS/c1-10-6-7-11(8-13(10)19)16-12(9-20)17(24)23(22-16)18-21-14-4-2-3-5-15(14)25-18/h4-9H,2-3,20H2,1H3/b12-9+. The van der Waals surface area contributed by atoms with Gasteiger partial charge in [0.1, 0.15) is 5.71 Å². The van der Waals surface area contributed by atoms with Crippen LogP contribution in [-0.4, -0.2) is 16.6 Å². The highest BCUT2D eigenvalue weighted by molar-refractivity contribution is 9.10. The van der Waals surface area contributed by atoms with E-state index in [1.54, 1.807) is 0 Å². The first kappa shape index (κ1) is 16.2. The van der Waals surface area contributed by atoms with Crippen molar-refractivity contribution in [1.29, 1.82) is 0 Å². The maximum Gasteiger partial charge on any atom is 0.284 e. The molecule has 1 aliphatic heterocycles.